The summed E-state index contributed by atoms with van der Waals surface area (Å²) >= 11 is 0. The van der Waals surface area contributed by atoms with Gasteiger partial charge in [0.2, 0.25) is 0 Å². The van der Waals surface area contributed by atoms with Crippen LogP contribution in [0.25, 0.3) is 0 Å². The molecule has 1 aromatic carbocycles. The van der Waals surface area contributed by atoms with Gasteiger partial charge in [-0.15, -0.1) is 0 Å². The lowest BCUT2D eigenvalue weighted by Crippen LogP contribution is -2.23. The molecule has 0 aliphatic rings. The van der Waals surface area contributed by atoms with Gasteiger partial charge in [-0.05, 0) is 12.5 Å². The molecule has 2 aromatic rings. The maximum atomic E-state index is 11.5. The van der Waals surface area contributed by atoms with Gasteiger partial charge >= 0.3 is 5.69 Å². The molecule has 1 heterocycles. The summed E-state index contributed by atoms with van der Waals surface area (Å²) in [6.45, 7) is 1.88. The lowest BCUT2D eigenvalue weighted by molar-refractivity contribution is 0.101. The Kier molecular flexibility index (Phi) is 3.14. The van der Waals surface area contributed by atoms with Gasteiger partial charge in [0, 0.05) is 12.4 Å². The fourth-order valence-corrected chi connectivity index (χ4v) is 1.53. The average molecular weight is 228 g/mol. The predicted molar refractivity (Wildman–Crippen MR) is 64.0 cm³/mol. The molecule has 17 heavy (non-hydrogen) atoms. The normalized spacial score (nSPS) is 10.2. The van der Waals surface area contributed by atoms with E-state index in [4.69, 9.17) is 0 Å². The Labute approximate surface area is 98.6 Å². The number of hydrogen-bond acceptors (Lipinski definition) is 3. The molecule has 86 valence electrons. The van der Waals surface area contributed by atoms with Crippen LogP contribution in [0.15, 0.2) is 47.5 Å². The minimum absolute atomic E-state index is 0.0979. The maximum absolute atomic E-state index is 11.5. The molecular weight excluding hydrogens is 216 g/mol. The van der Waals surface area contributed by atoms with Crippen molar-refractivity contribution in [3.63, 3.8) is 0 Å². The van der Waals surface area contributed by atoms with E-state index in [-0.39, 0.29) is 11.5 Å². The quantitative estimate of drug-likeness (QED) is 0.748. The van der Waals surface area contributed by atoms with Crippen LogP contribution in [0.4, 0.5) is 0 Å². The molecule has 0 radical (unpaired) electrons. The molecule has 0 fully saturated rings. The van der Waals surface area contributed by atoms with Crippen LogP contribution in [0, 0.1) is 0 Å². The second-order valence-electron chi connectivity index (χ2n) is 3.79. The van der Waals surface area contributed by atoms with Gasteiger partial charge in [0.25, 0.3) is 0 Å². The Bertz CT molecular complexity index is 588. The van der Waals surface area contributed by atoms with E-state index in [1.54, 1.807) is 6.20 Å². The number of benzene rings is 1. The van der Waals surface area contributed by atoms with E-state index in [1.807, 2.05) is 30.3 Å². The molecule has 0 N–H and O–H groups in total. The highest BCUT2D eigenvalue weighted by Gasteiger charge is 2.04. The first-order valence-corrected chi connectivity index (χ1v) is 5.28. The van der Waals surface area contributed by atoms with Crippen molar-refractivity contribution in [2.45, 2.75) is 13.5 Å². The van der Waals surface area contributed by atoms with Crippen molar-refractivity contribution in [2.24, 2.45) is 0 Å². The van der Waals surface area contributed by atoms with Gasteiger partial charge < -0.3 is 0 Å². The van der Waals surface area contributed by atoms with E-state index in [9.17, 15) is 9.59 Å². The Balaban J connectivity index is 2.36. The van der Waals surface area contributed by atoms with Gasteiger partial charge in [-0.2, -0.15) is 0 Å². The maximum Gasteiger partial charge on any atom is 0.347 e. The summed E-state index contributed by atoms with van der Waals surface area (Å²) < 4.78 is 1.44. The highest BCUT2D eigenvalue weighted by atomic mass is 16.1. The molecule has 0 bridgehead atoms. The van der Waals surface area contributed by atoms with Crippen LogP contribution < -0.4 is 5.69 Å². The summed E-state index contributed by atoms with van der Waals surface area (Å²) in [6.07, 6.45) is 2.86. The van der Waals surface area contributed by atoms with E-state index >= 15 is 0 Å². The number of aromatic nitrogens is 2. The van der Waals surface area contributed by atoms with Gasteiger partial charge in [0.05, 0.1) is 12.1 Å². The van der Waals surface area contributed by atoms with Gasteiger partial charge in [-0.3, -0.25) is 9.36 Å². The summed E-state index contributed by atoms with van der Waals surface area (Å²) in [7, 11) is 0. The van der Waals surface area contributed by atoms with Crippen LogP contribution in [0.5, 0.6) is 0 Å². The molecule has 4 nitrogen and oxygen atoms in total. The third kappa shape index (κ3) is 2.66. The van der Waals surface area contributed by atoms with Crippen molar-refractivity contribution in [1.82, 2.24) is 9.55 Å². The fraction of sp³-hybridized carbons (Fsp3) is 0.154. The van der Waals surface area contributed by atoms with Gasteiger partial charge in [-0.25, -0.2) is 9.78 Å². The number of rotatable bonds is 3. The van der Waals surface area contributed by atoms with Crippen LogP contribution in [0.3, 0.4) is 0 Å². The lowest BCUT2D eigenvalue weighted by Gasteiger charge is -2.05. The fourth-order valence-electron chi connectivity index (χ4n) is 1.53. The Morgan fingerprint density at radius 2 is 2.00 bits per heavy atom. The molecule has 1 aromatic heterocycles. The first kappa shape index (κ1) is 11.3. The summed E-state index contributed by atoms with van der Waals surface area (Å²) in [5.74, 6) is -0.0979. The van der Waals surface area contributed by atoms with E-state index in [0.717, 1.165) is 5.56 Å². The number of Topliss-reactive ketones (excluding diaryl/α,β-unsaturated/α-hetero) is 1. The van der Waals surface area contributed by atoms with Crippen LogP contribution in [0.1, 0.15) is 22.8 Å². The molecule has 0 aliphatic carbocycles. The number of ketones is 1. The zero-order valence-corrected chi connectivity index (χ0v) is 9.46. The molecule has 0 aliphatic heterocycles. The van der Waals surface area contributed by atoms with Crippen LogP contribution in [0.2, 0.25) is 0 Å². The van der Waals surface area contributed by atoms with Crippen LogP contribution >= 0.6 is 0 Å². The molecular formula is C13H12N2O2. The minimum atomic E-state index is -0.348. The van der Waals surface area contributed by atoms with Crippen LogP contribution in [-0.2, 0) is 6.54 Å². The monoisotopic (exact) mass is 228 g/mol. The summed E-state index contributed by atoms with van der Waals surface area (Å²) in [4.78, 5) is 26.4. The summed E-state index contributed by atoms with van der Waals surface area (Å²) in [5, 5.41) is 0. The second-order valence-corrected chi connectivity index (χ2v) is 3.79. The number of carbonyl (C=O) groups excluding carboxylic acids is 1. The minimum Gasteiger partial charge on any atom is -0.294 e. The first-order valence-electron chi connectivity index (χ1n) is 5.28. The third-order valence-electron chi connectivity index (χ3n) is 2.46. The van der Waals surface area contributed by atoms with Gasteiger partial charge in [0.15, 0.2) is 5.78 Å². The Morgan fingerprint density at radius 1 is 1.29 bits per heavy atom. The van der Waals surface area contributed by atoms with E-state index in [2.05, 4.69) is 4.98 Å². The van der Waals surface area contributed by atoms with Crippen molar-refractivity contribution >= 4 is 5.78 Å². The molecule has 4 heteroatoms. The summed E-state index contributed by atoms with van der Waals surface area (Å²) in [6, 6.07) is 9.57. The van der Waals surface area contributed by atoms with E-state index in [1.165, 1.54) is 17.7 Å². The predicted octanol–water partition coefficient (Wildman–Crippen LogP) is 1.49. The van der Waals surface area contributed by atoms with Crippen molar-refractivity contribution in [2.75, 3.05) is 0 Å². The smallest absolute Gasteiger partial charge is 0.294 e. The van der Waals surface area contributed by atoms with Crippen LogP contribution in [-0.4, -0.2) is 15.3 Å². The van der Waals surface area contributed by atoms with Crippen molar-refractivity contribution in [3.8, 4) is 0 Å². The highest BCUT2D eigenvalue weighted by molar-refractivity contribution is 5.93. The molecule has 0 saturated heterocycles. The molecule has 0 atom stereocenters. The molecule has 2 rings (SSSR count). The van der Waals surface area contributed by atoms with Crippen molar-refractivity contribution in [3.05, 3.63) is 64.3 Å². The molecule has 0 unspecified atom stereocenters. The Morgan fingerprint density at radius 3 is 2.65 bits per heavy atom. The molecule has 0 spiro atoms. The number of carbonyl (C=O) groups is 1. The van der Waals surface area contributed by atoms with E-state index in [0.29, 0.717) is 12.1 Å². The van der Waals surface area contributed by atoms with E-state index < -0.39 is 0 Å². The largest absolute Gasteiger partial charge is 0.347 e. The van der Waals surface area contributed by atoms with Crippen molar-refractivity contribution in [1.29, 1.82) is 0 Å². The summed E-state index contributed by atoms with van der Waals surface area (Å²) in [5.41, 5.74) is 1.09. The first-order chi connectivity index (χ1) is 8.16. The van der Waals surface area contributed by atoms with Gasteiger partial charge in [0.1, 0.15) is 0 Å². The Hall–Kier alpha value is -2.23. The molecule has 0 saturated carbocycles. The SMILES string of the molecule is CC(=O)c1cnc(=O)n(Cc2ccccc2)c1. The number of nitrogens with zero attached hydrogens (tertiary/aromatic N) is 2. The number of hydrogen-bond donors (Lipinski definition) is 0. The zero-order chi connectivity index (χ0) is 12.3. The topological polar surface area (TPSA) is 52.0 Å². The van der Waals surface area contributed by atoms with Gasteiger partial charge in [-0.1, -0.05) is 30.3 Å². The van der Waals surface area contributed by atoms with Crippen molar-refractivity contribution < 1.29 is 4.79 Å². The lowest BCUT2D eigenvalue weighted by atomic mass is 10.2. The standard InChI is InChI=1S/C13H12N2O2/c1-10(16)12-7-14-13(17)15(9-12)8-11-5-3-2-4-6-11/h2-7,9H,8H2,1H3. The second kappa shape index (κ2) is 4.74. The zero-order valence-electron chi connectivity index (χ0n) is 9.46. The highest BCUT2D eigenvalue weighted by Crippen LogP contribution is 2.02. The molecule has 0 amide bonds. The third-order valence-corrected chi connectivity index (χ3v) is 2.46. The average Bonchev–Trinajstić information content (AvgIpc) is 2.33.